The van der Waals surface area contributed by atoms with Crippen LogP contribution in [0.4, 0.5) is 0 Å². The van der Waals surface area contributed by atoms with Crippen LogP contribution in [-0.2, 0) is 6.42 Å². The van der Waals surface area contributed by atoms with Gasteiger partial charge in [-0.25, -0.2) is 0 Å². The Morgan fingerprint density at radius 3 is 3.12 bits per heavy atom. The molecular formula is C12H20N4O. The molecule has 1 aliphatic heterocycles. The first kappa shape index (κ1) is 11.2. The molecule has 94 valence electrons. The van der Waals surface area contributed by atoms with Gasteiger partial charge in [-0.05, 0) is 38.3 Å². The zero-order valence-electron chi connectivity index (χ0n) is 10.1. The van der Waals surface area contributed by atoms with Crippen LogP contribution in [0.3, 0.4) is 0 Å². The van der Waals surface area contributed by atoms with Gasteiger partial charge in [0.2, 0.25) is 6.39 Å². The largest absolute Gasteiger partial charge is 0.343 e. The Morgan fingerprint density at radius 1 is 1.41 bits per heavy atom. The minimum atomic E-state index is 0.824. The van der Waals surface area contributed by atoms with E-state index in [-0.39, 0.29) is 0 Å². The second-order valence-corrected chi connectivity index (χ2v) is 5.24. The van der Waals surface area contributed by atoms with Gasteiger partial charge in [-0.2, -0.15) is 4.98 Å². The lowest BCUT2D eigenvalue weighted by atomic mass is 10.1. The molecule has 0 spiro atoms. The summed E-state index contributed by atoms with van der Waals surface area (Å²) in [7, 11) is 0. The summed E-state index contributed by atoms with van der Waals surface area (Å²) < 4.78 is 4.73. The first-order valence-electron chi connectivity index (χ1n) is 6.61. The van der Waals surface area contributed by atoms with Gasteiger partial charge in [0, 0.05) is 25.6 Å². The lowest BCUT2D eigenvalue weighted by Gasteiger charge is -2.15. The summed E-state index contributed by atoms with van der Waals surface area (Å²) in [6.45, 7) is 4.69. The molecule has 1 saturated carbocycles. The van der Waals surface area contributed by atoms with E-state index in [1.165, 1.54) is 45.3 Å². The monoisotopic (exact) mass is 236 g/mol. The van der Waals surface area contributed by atoms with Crippen molar-refractivity contribution >= 4 is 0 Å². The third kappa shape index (κ3) is 3.26. The fraction of sp³-hybridized carbons (Fsp3) is 0.833. The molecule has 5 heteroatoms. The lowest BCUT2D eigenvalue weighted by Crippen LogP contribution is -2.28. The second-order valence-electron chi connectivity index (χ2n) is 5.24. The highest BCUT2D eigenvalue weighted by Crippen LogP contribution is 2.21. The van der Waals surface area contributed by atoms with Crippen LogP contribution in [0.5, 0.6) is 0 Å². The van der Waals surface area contributed by atoms with Crippen LogP contribution < -0.4 is 5.32 Å². The summed E-state index contributed by atoms with van der Waals surface area (Å²) in [5, 5.41) is 7.46. The quantitative estimate of drug-likeness (QED) is 0.787. The average molecular weight is 236 g/mol. The van der Waals surface area contributed by atoms with Crippen molar-refractivity contribution in [2.24, 2.45) is 5.92 Å². The summed E-state index contributed by atoms with van der Waals surface area (Å²) in [5.74, 6) is 1.66. The molecule has 0 radical (unpaired) electrons. The minimum Gasteiger partial charge on any atom is -0.343 e. The Kier molecular flexibility index (Phi) is 3.38. The number of nitrogens with one attached hydrogen (secondary N) is 1. The van der Waals surface area contributed by atoms with Crippen LogP contribution in [0.15, 0.2) is 10.9 Å². The summed E-state index contributed by atoms with van der Waals surface area (Å²) in [6.07, 6.45) is 6.40. The maximum atomic E-state index is 4.73. The fourth-order valence-electron chi connectivity index (χ4n) is 2.46. The van der Waals surface area contributed by atoms with E-state index in [2.05, 4.69) is 20.4 Å². The normalized spacial score (nSPS) is 25.5. The van der Waals surface area contributed by atoms with Crippen LogP contribution >= 0.6 is 0 Å². The number of rotatable bonds is 6. The average Bonchev–Trinajstić information content (AvgIpc) is 2.86. The van der Waals surface area contributed by atoms with E-state index < -0.39 is 0 Å². The smallest absolute Gasteiger partial charge is 0.213 e. The van der Waals surface area contributed by atoms with Gasteiger partial charge in [-0.15, -0.1) is 0 Å². The molecule has 1 aromatic rings. The highest BCUT2D eigenvalue weighted by molar-refractivity contribution is 4.86. The summed E-state index contributed by atoms with van der Waals surface area (Å²) in [6, 6.07) is 0.836. The van der Waals surface area contributed by atoms with E-state index in [9.17, 15) is 0 Å². The van der Waals surface area contributed by atoms with Gasteiger partial charge in [0.15, 0.2) is 5.82 Å². The van der Waals surface area contributed by atoms with Crippen molar-refractivity contribution < 1.29 is 4.52 Å². The highest BCUT2D eigenvalue weighted by Gasteiger charge is 2.26. The Labute approximate surface area is 102 Å². The van der Waals surface area contributed by atoms with E-state index in [0.717, 1.165) is 30.7 Å². The first-order chi connectivity index (χ1) is 8.40. The van der Waals surface area contributed by atoms with Crippen molar-refractivity contribution in [3.63, 3.8) is 0 Å². The Morgan fingerprint density at radius 2 is 2.35 bits per heavy atom. The van der Waals surface area contributed by atoms with Crippen molar-refractivity contribution in [3.8, 4) is 0 Å². The molecule has 17 heavy (non-hydrogen) atoms. The lowest BCUT2D eigenvalue weighted by molar-refractivity contribution is 0.320. The third-order valence-electron chi connectivity index (χ3n) is 3.70. The molecule has 3 rings (SSSR count). The van der Waals surface area contributed by atoms with Crippen LogP contribution in [0.1, 0.15) is 25.1 Å². The van der Waals surface area contributed by atoms with Crippen LogP contribution in [-0.4, -0.2) is 47.3 Å². The molecule has 2 fully saturated rings. The zero-order chi connectivity index (χ0) is 11.5. The first-order valence-corrected chi connectivity index (χ1v) is 6.61. The predicted octanol–water partition coefficient (Wildman–Crippen LogP) is 0.686. The molecule has 2 heterocycles. The van der Waals surface area contributed by atoms with Crippen LogP contribution in [0, 0.1) is 5.92 Å². The number of likely N-dealkylation sites (tertiary alicyclic amines) is 1. The van der Waals surface area contributed by atoms with Crippen molar-refractivity contribution in [1.82, 2.24) is 20.4 Å². The van der Waals surface area contributed by atoms with E-state index >= 15 is 0 Å². The van der Waals surface area contributed by atoms with E-state index in [4.69, 9.17) is 4.52 Å². The predicted molar refractivity (Wildman–Crippen MR) is 63.6 cm³/mol. The number of nitrogens with zero attached hydrogens (tertiary/aromatic N) is 3. The maximum absolute atomic E-state index is 4.73. The van der Waals surface area contributed by atoms with Crippen molar-refractivity contribution in [3.05, 3.63) is 12.2 Å². The molecule has 5 nitrogen and oxygen atoms in total. The SMILES string of the molecule is c1nc(CCN2CCC(CNC3CC3)C2)no1. The summed E-state index contributed by atoms with van der Waals surface area (Å²) in [4.78, 5) is 6.56. The number of hydrogen-bond acceptors (Lipinski definition) is 5. The van der Waals surface area contributed by atoms with Gasteiger partial charge in [-0.1, -0.05) is 5.16 Å². The Hall–Kier alpha value is -0.940. The molecule has 1 N–H and O–H groups in total. The van der Waals surface area contributed by atoms with Gasteiger partial charge in [0.1, 0.15) is 0 Å². The third-order valence-corrected chi connectivity index (χ3v) is 3.70. The molecule has 0 aromatic carbocycles. The van der Waals surface area contributed by atoms with Crippen LogP contribution in [0.25, 0.3) is 0 Å². The van der Waals surface area contributed by atoms with Gasteiger partial charge >= 0.3 is 0 Å². The van der Waals surface area contributed by atoms with Gasteiger partial charge in [0.05, 0.1) is 0 Å². The van der Waals surface area contributed by atoms with Gasteiger partial charge < -0.3 is 14.7 Å². The molecule has 1 unspecified atom stereocenters. The number of aromatic nitrogens is 2. The maximum Gasteiger partial charge on any atom is 0.213 e. The Bertz CT molecular complexity index is 336. The minimum absolute atomic E-state index is 0.824. The van der Waals surface area contributed by atoms with Gasteiger partial charge in [0.25, 0.3) is 0 Å². The summed E-state index contributed by atoms with van der Waals surface area (Å²) >= 11 is 0. The summed E-state index contributed by atoms with van der Waals surface area (Å²) in [5.41, 5.74) is 0. The van der Waals surface area contributed by atoms with Crippen molar-refractivity contribution in [1.29, 1.82) is 0 Å². The fourth-order valence-corrected chi connectivity index (χ4v) is 2.46. The van der Waals surface area contributed by atoms with Crippen molar-refractivity contribution in [2.75, 3.05) is 26.2 Å². The molecule has 1 atom stereocenters. The molecule has 0 amide bonds. The molecule has 1 aliphatic carbocycles. The molecule has 1 saturated heterocycles. The van der Waals surface area contributed by atoms with Crippen LogP contribution in [0.2, 0.25) is 0 Å². The highest BCUT2D eigenvalue weighted by atomic mass is 16.5. The molecule has 1 aromatic heterocycles. The van der Waals surface area contributed by atoms with Gasteiger partial charge in [-0.3, -0.25) is 0 Å². The number of hydrogen-bond donors (Lipinski definition) is 1. The topological polar surface area (TPSA) is 54.2 Å². The van der Waals surface area contributed by atoms with Crippen molar-refractivity contribution in [2.45, 2.75) is 31.7 Å². The van der Waals surface area contributed by atoms with E-state index in [0.29, 0.717) is 0 Å². The standard InChI is InChI=1S/C12H20N4O/c1-2-11(1)13-7-10-3-5-16(8-10)6-4-12-14-9-17-15-12/h9-11,13H,1-8H2. The Balaban J connectivity index is 1.35. The molecule has 0 bridgehead atoms. The molecular weight excluding hydrogens is 216 g/mol. The van der Waals surface area contributed by atoms with E-state index in [1.807, 2.05) is 0 Å². The van der Waals surface area contributed by atoms with E-state index in [1.54, 1.807) is 0 Å². The second kappa shape index (κ2) is 5.14. The molecule has 2 aliphatic rings. The zero-order valence-corrected chi connectivity index (χ0v) is 10.1.